The van der Waals surface area contributed by atoms with Gasteiger partial charge in [0, 0.05) is 12.5 Å². The van der Waals surface area contributed by atoms with Crippen LogP contribution in [0.3, 0.4) is 0 Å². The van der Waals surface area contributed by atoms with Gasteiger partial charge in [-0.2, -0.15) is 0 Å². The highest BCUT2D eigenvalue weighted by molar-refractivity contribution is 5.99. The van der Waals surface area contributed by atoms with Crippen LogP contribution in [-0.4, -0.2) is 11.4 Å². The summed E-state index contributed by atoms with van der Waals surface area (Å²) in [4.78, 5) is 13.7. The Morgan fingerprint density at radius 1 is 1.29 bits per heavy atom. The quantitative estimate of drug-likeness (QED) is 0.720. The van der Waals surface area contributed by atoms with E-state index in [9.17, 15) is 4.79 Å². The van der Waals surface area contributed by atoms with Gasteiger partial charge < -0.3 is 4.90 Å². The van der Waals surface area contributed by atoms with E-state index in [1.807, 2.05) is 23.1 Å². The van der Waals surface area contributed by atoms with E-state index in [1.54, 1.807) is 6.92 Å². The van der Waals surface area contributed by atoms with Gasteiger partial charge in [0.2, 0.25) is 5.91 Å². The maximum atomic E-state index is 11.9. The highest BCUT2D eigenvalue weighted by Crippen LogP contribution is 2.39. The normalized spacial score (nSPS) is 17.4. The van der Waals surface area contributed by atoms with Gasteiger partial charge in [-0.05, 0) is 31.9 Å². The molecular weight excluding hydrogens is 210 g/mol. The average Bonchev–Trinajstić information content (AvgIpc) is 2.26. The van der Waals surface area contributed by atoms with E-state index in [0.29, 0.717) is 0 Å². The van der Waals surface area contributed by atoms with Crippen molar-refractivity contribution in [2.45, 2.75) is 39.7 Å². The predicted octanol–water partition coefficient (Wildman–Crippen LogP) is 3.63. The van der Waals surface area contributed by atoms with Crippen LogP contribution in [-0.2, 0) is 4.79 Å². The molecule has 0 aromatic heterocycles. The van der Waals surface area contributed by atoms with Gasteiger partial charge >= 0.3 is 0 Å². The fraction of sp³-hybridized carbons (Fsp3) is 0.400. The molecule has 0 radical (unpaired) electrons. The number of anilines is 1. The first-order chi connectivity index (χ1) is 7.97. The van der Waals surface area contributed by atoms with Gasteiger partial charge in [0.15, 0.2) is 0 Å². The Hall–Kier alpha value is -1.57. The molecule has 0 spiro atoms. The van der Waals surface area contributed by atoms with Crippen molar-refractivity contribution in [2.24, 2.45) is 0 Å². The number of para-hydroxylation sites is 1. The molecule has 0 N–H and O–H groups in total. The minimum Gasteiger partial charge on any atom is -0.303 e. The molecule has 2 rings (SSSR count). The molecule has 1 aliphatic heterocycles. The molecule has 1 aromatic carbocycles. The third kappa shape index (κ3) is 1.88. The highest BCUT2D eigenvalue weighted by atomic mass is 16.2. The zero-order valence-corrected chi connectivity index (χ0v) is 10.9. The van der Waals surface area contributed by atoms with Gasteiger partial charge in [0.25, 0.3) is 0 Å². The van der Waals surface area contributed by atoms with E-state index in [0.717, 1.165) is 12.1 Å². The average molecular weight is 229 g/mol. The Labute approximate surface area is 103 Å². The maximum Gasteiger partial charge on any atom is 0.224 e. The summed E-state index contributed by atoms with van der Waals surface area (Å²) >= 11 is 0. The van der Waals surface area contributed by atoms with Crippen LogP contribution >= 0.6 is 0 Å². The van der Waals surface area contributed by atoms with Crippen molar-refractivity contribution in [1.29, 1.82) is 0 Å². The molecule has 1 aromatic rings. The summed E-state index contributed by atoms with van der Waals surface area (Å²) in [6, 6.07) is 8.14. The Morgan fingerprint density at radius 2 is 1.94 bits per heavy atom. The van der Waals surface area contributed by atoms with Crippen molar-refractivity contribution in [2.75, 3.05) is 4.90 Å². The van der Waals surface area contributed by atoms with E-state index < -0.39 is 0 Å². The van der Waals surface area contributed by atoms with Crippen LogP contribution in [0.5, 0.6) is 0 Å². The summed E-state index contributed by atoms with van der Waals surface area (Å²) < 4.78 is 0. The van der Waals surface area contributed by atoms with E-state index in [2.05, 4.69) is 32.9 Å². The summed E-state index contributed by atoms with van der Waals surface area (Å²) in [5.74, 6) is 0.0915. The number of allylic oxidation sites excluding steroid dienone is 1. The van der Waals surface area contributed by atoms with Crippen LogP contribution in [0, 0.1) is 0 Å². The van der Waals surface area contributed by atoms with Crippen molar-refractivity contribution in [3.8, 4) is 0 Å². The smallest absolute Gasteiger partial charge is 0.224 e. The minimum atomic E-state index is -0.245. The summed E-state index contributed by atoms with van der Waals surface area (Å²) in [5.41, 5.74) is 3.29. The number of benzene rings is 1. The number of amides is 1. The molecule has 90 valence electrons. The third-order valence-electron chi connectivity index (χ3n) is 3.29. The highest BCUT2D eigenvalue weighted by Gasteiger charge is 2.34. The zero-order chi connectivity index (χ0) is 12.6. The predicted molar refractivity (Wildman–Crippen MR) is 71.9 cm³/mol. The molecule has 0 atom stereocenters. The molecular formula is C15H19NO. The second-order valence-electron chi connectivity index (χ2n) is 5.05. The molecule has 0 saturated heterocycles. The van der Waals surface area contributed by atoms with Gasteiger partial charge in [-0.15, -0.1) is 0 Å². The van der Waals surface area contributed by atoms with Gasteiger partial charge in [0.05, 0.1) is 11.2 Å². The van der Waals surface area contributed by atoms with E-state index >= 15 is 0 Å². The van der Waals surface area contributed by atoms with Crippen molar-refractivity contribution in [3.63, 3.8) is 0 Å². The minimum absolute atomic E-state index is 0.0915. The van der Waals surface area contributed by atoms with Crippen molar-refractivity contribution >= 4 is 17.2 Å². The molecule has 2 heteroatoms. The Balaban J connectivity index is 2.66. The SMILES string of the molecule is CCC1=CC(C)(C)N(C(C)=O)c2ccccc21. The molecule has 0 aliphatic carbocycles. The summed E-state index contributed by atoms with van der Waals surface area (Å²) in [5, 5.41) is 0. The van der Waals surface area contributed by atoms with Crippen molar-refractivity contribution in [3.05, 3.63) is 35.9 Å². The number of rotatable bonds is 1. The number of carbonyl (C=O) groups excluding carboxylic acids is 1. The Kier molecular flexibility index (Phi) is 2.82. The van der Waals surface area contributed by atoms with E-state index in [4.69, 9.17) is 0 Å². The first-order valence-electron chi connectivity index (χ1n) is 6.09. The van der Waals surface area contributed by atoms with Crippen LogP contribution in [0.2, 0.25) is 0 Å². The Morgan fingerprint density at radius 3 is 2.53 bits per heavy atom. The summed E-state index contributed by atoms with van der Waals surface area (Å²) in [6.45, 7) is 7.95. The lowest BCUT2D eigenvalue weighted by molar-refractivity contribution is -0.117. The molecule has 0 unspecified atom stereocenters. The van der Waals surface area contributed by atoms with Crippen LogP contribution in [0.25, 0.3) is 5.57 Å². The standard InChI is InChI=1S/C15H19NO/c1-5-12-10-15(3,4)16(11(2)17)14-9-7-6-8-13(12)14/h6-10H,5H2,1-4H3. The van der Waals surface area contributed by atoms with Gasteiger partial charge in [0.1, 0.15) is 0 Å². The number of fused-ring (bicyclic) bond motifs is 1. The molecule has 1 amide bonds. The first-order valence-corrected chi connectivity index (χ1v) is 6.09. The number of nitrogens with zero attached hydrogens (tertiary/aromatic N) is 1. The van der Waals surface area contributed by atoms with Crippen LogP contribution in [0.15, 0.2) is 30.3 Å². The fourth-order valence-electron chi connectivity index (χ4n) is 2.69. The van der Waals surface area contributed by atoms with Gasteiger partial charge in [-0.1, -0.05) is 31.2 Å². The monoisotopic (exact) mass is 229 g/mol. The van der Waals surface area contributed by atoms with Crippen LogP contribution < -0.4 is 4.90 Å². The lowest BCUT2D eigenvalue weighted by atomic mass is 9.87. The summed E-state index contributed by atoms with van der Waals surface area (Å²) in [6.07, 6.45) is 3.20. The number of carbonyl (C=O) groups is 1. The zero-order valence-electron chi connectivity index (χ0n) is 10.9. The molecule has 1 heterocycles. The molecule has 17 heavy (non-hydrogen) atoms. The largest absolute Gasteiger partial charge is 0.303 e. The van der Waals surface area contributed by atoms with Crippen LogP contribution in [0.4, 0.5) is 5.69 Å². The van der Waals surface area contributed by atoms with E-state index in [-0.39, 0.29) is 11.4 Å². The lowest BCUT2D eigenvalue weighted by Gasteiger charge is -2.41. The first kappa shape index (κ1) is 11.9. The third-order valence-corrected chi connectivity index (χ3v) is 3.29. The Bertz CT molecular complexity index is 485. The number of hydrogen-bond donors (Lipinski definition) is 0. The summed E-state index contributed by atoms with van der Waals surface area (Å²) in [7, 11) is 0. The molecule has 0 fully saturated rings. The topological polar surface area (TPSA) is 20.3 Å². The van der Waals surface area contributed by atoms with Crippen LogP contribution in [0.1, 0.15) is 39.7 Å². The maximum absolute atomic E-state index is 11.9. The van der Waals surface area contributed by atoms with Gasteiger partial charge in [-0.3, -0.25) is 4.79 Å². The van der Waals surface area contributed by atoms with Crippen molar-refractivity contribution < 1.29 is 4.79 Å². The second-order valence-corrected chi connectivity index (χ2v) is 5.05. The van der Waals surface area contributed by atoms with E-state index in [1.165, 1.54) is 11.1 Å². The molecule has 1 aliphatic rings. The molecule has 2 nitrogen and oxygen atoms in total. The van der Waals surface area contributed by atoms with Crippen molar-refractivity contribution in [1.82, 2.24) is 0 Å². The second kappa shape index (κ2) is 4.02. The molecule has 0 saturated carbocycles. The lowest BCUT2D eigenvalue weighted by Crippen LogP contribution is -2.48. The fourth-order valence-corrected chi connectivity index (χ4v) is 2.69. The van der Waals surface area contributed by atoms with Gasteiger partial charge in [-0.25, -0.2) is 0 Å². The molecule has 0 bridgehead atoms. The number of hydrogen-bond acceptors (Lipinski definition) is 1.